The summed E-state index contributed by atoms with van der Waals surface area (Å²) in [6.07, 6.45) is 6.94. The quantitative estimate of drug-likeness (QED) is 0.497. The average molecular weight is 264 g/mol. The van der Waals surface area contributed by atoms with Gasteiger partial charge < -0.3 is 10.7 Å². The van der Waals surface area contributed by atoms with Gasteiger partial charge in [-0.15, -0.1) is 0 Å². The molecule has 19 heavy (non-hydrogen) atoms. The summed E-state index contributed by atoms with van der Waals surface area (Å²) in [7, 11) is 0. The summed E-state index contributed by atoms with van der Waals surface area (Å²) in [4.78, 5) is 16.1. The molecule has 5 nitrogen and oxygen atoms in total. The minimum Gasteiger partial charge on any atom is -0.349 e. The third-order valence-electron chi connectivity index (χ3n) is 3.05. The van der Waals surface area contributed by atoms with Gasteiger partial charge in [0.25, 0.3) is 5.91 Å². The number of unbranched alkanes of at least 4 members (excludes halogenated alkanes) is 1. The minimum atomic E-state index is -0.0642. The normalized spacial score (nSPS) is 11.9. The number of hydrogen-bond acceptors (Lipinski definition) is 4. The monoisotopic (exact) mass is 264 g/mol. The molecular weight excluding hydrogens is 240 g/mol. The number of aromatic nitrogens is 1. The van der Waals surface area contributed by atoms with Gasteiger partial charge in [0.2, 0.25) is 0 Å². The van der Waals surface area contributed by atoms with E-state index >= 15 is 0 Å². The fourth-order valence-corrected chi connectivity index (χ4v) is 1.97. The standard InChI is InChI=1S/C14H24N4O/c1-3-5-7-12(6-4-2)17-14(19)11-8-9-13(18-15)16-10-11/h8-10,12H,3-7,15H2,1-2H3,(H,16,18)(H,17,19). The molecule has 1 atom stereocenters. The third kappa shape index (κ3) is 5.26. The summed E-state index contributed by atoms with van der Waals surface area (Å²) in [5, 5.41) is 3.08. The Kier molecular flexibility index (Phi) is 6.89. The number of rotatable bonds is 8. The number of pyridine rings is 1. The number of amides is 1. The number of hydrogen-bond donors (Lipinski definition) is 3. The van der Waals surface area contributed by atoms with Gasteiger partial charge in [0.15, 0.2) is 0 Å². The zero-order valence-corrected chi connectivity index (χ0v) is 11.8. The van der Waals surface area contributed by atoms with Crippen molar-refractivity contribution in [3.63, 3.8) is 0 Å². The van der Waals surface area contributed by atoms with E-state index in [4.69, 9.17) is 5.84 Å². The van der Waals surface area contributed by atoms with Crippen LogP contribution in [0, 0.1) is 0 Å². The van der Waals surface area contributed by atoms with Crippen molar-refractivity contribution in [2.24, 2.45) is 5.84 Å². The molecule has 0 aliphatic heterocycles. The molecule has 0 fully saturated rings. The fourth-order valence-electron chi connectivity index (χ4n) is 1.97. The summed E-state index contributed by atoms with van der Waals surface area (Å²) in [6, 6.07) is 3.67. The Morgan fingerprint density at radius 3 is 2.63 bits per heavy atom. The van der Waals surface area contributed by atoms with E-state index in [1.54, 1.807) is 12.1 Å². The molecule has 1 heterocycles. The summed E-state index contributed by atoms with van der Waals surface area (Å²) in [5.74, 6) is 5.72. The van der Waals surface area contributed by atoms with E-state index in [0.717, 1.165) is 32.1 Å². The Hall–Kier alpha value is -1.62. The summed E-state index contributed by atoms with van der Waals surface area (Å²) in [5.41, 5.74) is 3.01. The van der Waals surface area contributed by atoms with Crippen molar-refractivity contribution in [2.75, 3.05) is 5.43 Å². The van der Waals surface area contributed by atoms with E-state index in [-0.39, 0.29) is 11.9 Å². The fraction of sp³-hybridized carbons (Fsp3) is 0.571. The molecule has 0 saturated carbocycles. The van der Waals surface area contributed by atoms with Crippen LogP contribution in [-0.2, 0) is 0 Å². The second-order valence-electron chi connectivity index (χ2n) is 4.68. The van der Waals surface area contributed by atoms with Crippen molar-refractivity contribution in [1.82, 2.24) is 10.3 Å². The molecule has 1 unspecified atom stereocenters. The Morgan fingerprint density at radius 2 is 2.11 bits per heavy atom. The predicted molar refractivity (Wildman–Crippen MR) is 77.7 cm³/mol. The van der Waals surface area contributed by atoms with Crippen molar-refractivity contribution in [1.29, 1.82) is 0 Å². The van der Waals surface area contributed by atoms with Crippen LogP contribution in [0.15, 0.2) is 18.3 Å². The molecule has 0 aliphatic rings. The highest BCUT2D eigenvalue weighted by atomic mass is 16.1. The van der Waals surface area contributed by atoms with E-state index in [1.807, 2.05) is 0 Å². The molecular formula is C14H24N4O. The number of nitrogens with zero attached hydrogens (tertiary/aromatic N) is 1. The van der Waals surface area contributed by atoms with Gasteiger partial charge in [-0.05, 0) is 25.0 Å². The highest BCUT2D eigenvalue weighted by Gasteiger charge is 2.12. The van der Waals surface area contributed by atoms with Crippen molar-refractivity contribution < 1.29 is 4.79 Å². The molecule has 0 spiro atoms. The maximum Gasteiger partial charge on any atom is 0.253 e. The third-order valence-corrected chi connectivity index (χ3v) is 3.05. The lowest BCUT2D eigenvalue weighted by molar-refractivity contribution is 0.0932. The second kappa shape index (κ2) is 8.48. The van der Waals surface area contributed by atoms with Gasteiger partial charge >= 0.3 is 0 Å². The first-order valence-corrected chi connectivity index (χ1v) is 6.94. The highest BCUT2D eigenvalue weighted by Crippen LogP contribution is 2.09. The van der Waals surface area contributed by atoms with Crippen LogP contribution in [0.3, 0.4) is 0 Å². The highest BCUT2D eigenvalue weighted by molar-refractivity contribution is 5.94. The Labute approximate surface area is 115 Å². The van der Waals surface area contributed by atoms with Crippen LogP contribution in [0.25, 0.3) is 0 Å². The smallest absolute Gasteiger partial charge is 0.253 e. The summed E-state index contributed by atoms with van der Waals surface area (Å²) >= 11 is 0. The maximum absolute atomic E-state index is 12.1. The molecule has 1 aromatic heterocycles. The molecule has 1 amide bonds. The predicted octanol–water partition coefficient (Wildman–Crippen LogP) is 2.46. The van der Waals surface area contributed by atoms with E-state index < -0.39 is 0 Å². The molecule has 1 aromatic rings. The van der Waals surface area contributed by atoms with Gasteiger partial charge in [0.1, 0.15) is 5.82 Å². The number of anilines is 1. The maximum atomic E-state index is 12.1. The molecule has 0 radical (unpaired) electrons. The number of nitrogen functional groups attached to an aromatic ring is 1. The molecule has 0 saturated heterocycles. The van der Waals surface area contributed by atoms with Crippen molar-refractivity contribution in [3.05, 3.63) is 23.9 Å². The minimum absolute atomic E-state index is 0.0642. The van der Waals surface area contributed by atoms with E-state index in [9.17, 15) is 4.79 Å². The lowest BCUT2D eigenvalue weighted by Gasteiger charge is -2.17. The summed E-state index contributed by atoms with van der Waals surface area (Å²) in [6.45, 7) is 4.29. The second-order valence-corrected chi connectivity index (χ2v) is 4.68. The lowest BCUT2D eigenvalue weighted by Crippen LogP contribution is -2.34. The largest absolute Gasteiger partial charge is 0.349 e. The molecule has 5 heteroatoms. The number of carbonyl (C=O) groups is 1. The number of carbonyl (C=O) groups excluding carboxylic acids is 1. The van der Waals surface area contributed by atoms with Crippen LogP contribution in [0.1, 0.15) is 56.3 Å². The number of nitrogens with one attached hydrogen (secondary N) is 2. The first-order valence-electron chi connectivity index (χ1n) is 6.94. The van der Waals surface area contributed by atoms with Crippen molar-refractivity contribution in [2.45, 2.75) is 52.0 Å². The van der Waals surface area contributed by atoms with Gasteiger partial charge in [-0.3, -0.25) is 4.79 Å². The molecule has 0 bridgehead atoms. The molecule has 1 rings (SSSR count). The van der Waals surface area contributed by atoms with Crippen LogP contribution in [0.2, 0.25) is 0 Å². The Morgan fingerprint density at radius 1 is 1.32 bits per heavy atom. The molecule has 0 aliphatic carbocycles. The Balaban J connectivity index is 2.58. The van der Waals surface area contributed by atoms with Gasteiger partial charge in [0.05, 0.1) is 5.56 Å². The first kappa shape index (κ1) is 15.4. The summed E-state index contributed by atoms with van der Waals surface area (Å²) < 4.78 is 0. The van der Waals surface area contributed by atoms with Crippen molar-refractivity contribution >= 4 is 11.7 Å². The van der Waals surface area contributed by atoms with Gasteiger partial charge in [0, 0.05) is 12.2 Å². The lowest BCUT2D eigenvalue weighted by atomic mass is 10.0. The number of hydrazine groups is 1. The van der Waals surface area contributed by atoms with Crippen LogP contribution in [0.4, 0.5) is 5.82 Å². The van der Waals surface area contributed by atoms with E-state index in [2.05, 4.69) is 29.6 Å². The van der Waals surface area contributed by atoms with Crippen LogP contribution in [-0.4, -0.2) is 16.9 Å². The Bertz CT molecular complexity index is 378. The first-order chi connectivity index (χ1) is 9.21. The topological polar surface area (TPSA) is 80.0 Å². The zero-order valence-electron chi connectivity index (χ0n) is 11.8. The SMILES string of the molecule is CCCCC(CCC)NC(=O)c1ccc(NN)nc1. The van der Waals surface area contributed by atoms with Crippen LogP contribution in [0.5, 0.6) is 0 Å². The average Bonchev–Trinajstić information content (AvgIpc) is 2.45. The van der Waals surface area contributed by atoms with Gasteiger partial charge in [-0.2, -0.15) is 0 Å². The van der Waals surface area contributed by atoms with Gasteiger partial charge in [-0.1, -0.05) is 33.1 Å². The van der Waals surface area contributed by atoms with E-state index in [1.165, 1.54) is 6.20 Å². The molecule has 0 aromatic carbocycles. The molecule has 106 valence electrons. The van der Waals surface area contributed by atoms with Crippen LogP contribution < -0.4 is 16.6 Å². The zero-order chi connectivity index (χ0) is 14.1. The van der Waals surface area contributed by atoms with Crippen molar-refractivity contribution in [3.8, 4) is 0 Å². The molecule has 4 N–H and O–H groups in total. The van der Waals surface area contributed by atoms with E-state index in [0.29, 0.717) is 11.4 Å². The van der Waals surface area contributed by atoms with Gasteiger partial charge in [-0.25, -0.2) is 10.8 Å². The van der Waals surface area contributed by atoms with Crippen LogP contribution >= 0.6 is 0 Å². The number of nitrogens with two attached hydrogens (primary N) is 1.